The summed E-state index contributed by atoms with van der Waals surface area (Å²) < 4.78 is 5.90. The number of allylic oxidation sites excluding steroid dienone is 1. The molecule has 5 heteroatoms. The van der Waals surface area contributed by atoms with E-state index in [-0.39, 0.29) is 51.5 Å². The Hall–Kier alpha value is -1.65. The molecule has 4 unspecified atom stereocenters. The Bertz CT molecular complexity index is 1160. The average molecular weight is 568 g/mol. The average Bonchev–Trinajstić information content (AvgIpc) is 3.17. The van der Waals surface area contributed by atoms with E-state index in [2.05, 4.69) is 62.3 Å². The molecule has 0 radical (unpaired) electrons. The molecular formula is C36H57NO4. The van der Waals surface area contributed by atoms with Gasteiger partial charge in [-0.15, -0.1) is 0 Å². The fourth-order valence-corrected chi connectivity index (χ4v) is 11.6. The molecule has 5 aliphatic carbocycles. The SMILES string of the molecule is CC(=O)O[C@H]1CC[C@@]2(C)C(CC[C@@]3(C)C4CC[C@@]5(C(=O)N(C)C(C)(C)C)CC(=O)C(C(C)C)=C5C4CCC32)C1(C)C. The molecule has 0 bridgehead atoms. The molecule has 5 aliphatic rings. The quantitative estimate of drug-likeness (QED) is 0.327. The number of ketones is 1. The Morgan fingerprint density at radius 2 is 1.54 bits per heavy atom. The highest BCUT2D eigenvalue weighted by Gasteiger charge is 2.67. The molecule has 0 heterocycles. The van der Waals surface area contributed by atoms with Crippen LogP contribution in [0.2, 0.25) is 0 Å². The van der Waals surface area contributed by atoms with Crippen LogP contribution >= 0.6 is 0 Å². The number of carbonyl (C=O) groups excluding carboxylic acids is 3. The highest BCUT2D eigenvalue weighted by Crippen LogP contribution is 2.73. The van der Waals surface area contributed by atoms with Gasteiger partial charge in [-0.3, -0.25) is 14.4 Å². The fourth-order valence-electron chi connectivity index (χ4n) is 11.6. The molecule has 0 aliphatic heterocycles. The third-order valence-corrected chi connectivity index (χ3v) is 13.6. The van der Waals surface area contributed by atoms with Gasteiger partial charge in [-0.05, 0) is 124 Å². The summed E-state index contributed by atoms with van der Waals surface area (Å²) in [6.07, 6.45) is 8.79. The van der Waals surface area contributed by atoms with E-state index in [0.717, 1.165) is 50.5 Å². The van der Waals surface area contributed by atoms with E-state index in [0.29, 0.717) is 30.1 Å². The molecule has 4 fully saturated rings. The smallest absolute Gasteiger partial charge is 0.302 e. The second-order valence-electron chi connectivity index (χ2n) is 17.1. The molecule has 5 nitrogen and oxygen atoms in total. The van der Waals surface area contributed by atoms with Crippen molar-refractivity contribution in [3.05, 3.63) is 11.1 Å². The number of fused-ring (bicyclic) bond motifs is 7. The zero-order valence-corrected chi connectivity index (χ0v) is 27.9. The minimum absolute atomic E-state index is 0.0110. The Morgan fingerprint density at radius 1 is 0.902 bits per heavy atom. The molecule has 230 valence electrons. The first-order valence-electron chi connectivity index (χ1n) is 16.6. The summed E-state index contributed by atoms with van der Waals surface area (Å²) in [7, 11) is 1.94. The number of amides is 1. The van der Waals surface area contributed by atoms with Gasteiger partial charge < -0.3 is 9.64 Å². The van der Waals surface area contributed by atoms with E-state index in [1.807, 2.05) is 11.9 Å². The number of nitrogens with zero attached hydrogens (tertiary/aromatic N) is 1. The second kappa shape index (κ2) is 9.68. The number of Topliss-reactive ketones (excluding diaryl/α,β-unsaturated/α-hetero) is 1. The predicted molar refractivity (Wildman–Crippen MR) is 163 cm³/mol. The molecule has 1 amide bonds. The third-order valence-electron chi connectivity index (χ3n) is 13.6. The van der Waals surface area contributed by atoms with E-state index < -0.39 is 5.41 Å². The van der Waals surface area contributed by atoms with Gasteiger partial charge in [0.2, 0.25) is 5.91 Å². The van der Waals surface area contributed by atoms with Crippen molar-refractivity contribution in [1.29, 1.82) is 0 Å². The standard InChI is InChI=1S/C36H57NO4/c1-21(2)29-25(39)20-36(31(40)37(11)32(4,5)6)19-14-24-23(30(29)36)12-13-27-34(24,9)17-15-26-33(7,8)28(41-22(3)38)16-18-35(26,27)10/h21,23-24,26-28H,12-20H2,1-11H3/t23?,24?,26?,27?,28-,34-,35-,36+/m0/s1. The summed E-state index contributed by atoms with van der Waals surface area (Å²) in [6.45, 7) is 22.0. The van der Waals surface area contributed by atoms with Crippen LogP contribution in [0, 0.1) is 51.2 Å². The number of hydrogen-bond acceptors (Lipinski definition) is 4. The zero-order valence-electron chi connectivity index (χ0n) is 27.9. The van der Waals surface area contributed by atoms with Crippen molar-refractivity contribution >= 4 is 17.7 Å². The van der Waals surface area contributed by atoms with Gasteiger partial charge in [0.05, 0.1) is 5.41 Å². The van der Waals surface area contributed by atoms with Crippen LogP contribution in [0.25, 0.3) is 0 Å². The molecule has 8 atom stereocenters. The molecule has 41 heavy (non-hydrogen) atoms. The normalized spacial score (nSPS) is 41.8. The molecule has 0 N–H and O–H groups in total. The lowest BCUT2D eigenvalue weighted by atomic mass is 9.36. The fraction of sp³-hybridized carbons (Fsp3) is 0.861. The van der Waals surface area contributed by atoms with Crippen molar-refractivity contribution in [2.24, 2.45) is 51.2 Å². The van der Waals surface area contributed by atoms with Gasteiger partial charge in [0, 0.05) is 31.3 Å². The Kier molecular flexibility index (Phi) is 7.27. The van der Waals surface area contributed by atoms with Crippen molar-refractivity contribution < 1.29 is 19.1 Å². The van der Waals surface area contributed by atoms with Crippen LogP contribution < -0.4 is 0 Å². The van der Waals surface area contributed by atoms with Gasteiger partial charge in [0.25, 0.3) is 0 Å². The maximum Gasteiger partial charge on any atom is 0.302 e. The summed E-state index contributed by atoms with van der Waals surface area (Å²) in [5, 5.41) is 0. The van der Waals surface area contributed by atoms with Crippen LogP contribution in [-0.4, -0.2) is 41.3 Å². The van der Waals surface area contributed by atoms with Gasteiger partial charge in [0.15, 0.2) is 5.78 Å². The lowest BCUT2D eigenvalue weighted by Gasteiger charge is -2.68. The van der Waals surface area contributed by atoms with Crippen LogP contribution in [0.5, 0.6) is 0 Å². The summed E-state index contributed by atoms with van der Waals surface area (Å²) >= 11 is 0. The summed E-state index contributed by atoms with van der Waals surface area (Å²) in [5.41, 5.74) is 1.63. The van der Waals surface area contributed by atoms with Crippen LogP contribution in [0.4, 0.5) is 0 Å². The maximum atomic E-state index is 14.4. The Morgan fingerprint density at radius 3 is 2.12 bits per heavy atom. The largest absolute Gasteiger partial charge is 0.462 e. The first-order chi connectivity index (χ1) is 18.8. The first-order valence-corrected chi connectivity index (χ1v) is 16.6. The minimum atomic E-state index is -0.658. The van der Waals surface area contributed by atoms with E-state index in [4.69, 9.17) is 4.74 Å². The van der Waals surface area contributed by atoms with Crippen LogP contribution in [0.15, 0.2) is 11.1 Å². The highest BCUT2D eigenvalue weighted by atomic mass is 16.5. The van der Waals surface area contributed by atoms with E-state index in [9.17, 15) is 14.4 Å². The predicted octanol–water partition coefficient (Wildman–Crippen LogP) is 7.77. The van der Waals surface area contributed by atoms with Crippen molar-refractivity contribution in [3.8, 4) is 0 Å². The first kappa shape index (κ1) is 30.8. The summed E-state index contributed by atoms with van der Waals surface area (Å²) in [6, 6.07) is 0. The molecule has 0 aromatic rings. The van der Waals surface area contributed by atoms with Gasteiger partial charge in [-0.25, -0.2) is 0 Å². The molecule has 0 aromatic carbocycles. The van der Waals surface area contributed by atoms with Crippen molar-refractivity contribution in [3.63, 3.8) is 0 Å². The molecular weight excluding hydrogens is 510 g/mol. The van der Waals surface area contributed by atoms with Crippen LogP contribution in [-0.2, 0) is 19.1 Å². The Balaban J connectivity index is 1.53. The van der Waals surface area contributed by atoms with Crippen LogP contribution in [0.1, 0.15) is 127 Å². The lowest BCUT2D eigenvalue weighted by molar-refractivity contribution is -0.212. The number of ether oxygens (including phenoxy) is 1. The van der Waals surface area contributed by atoms with Gasteiger partial charge in [-0.1, -0.05) is 41.5 Å². The second-order valence-corrected chi connectivity index (χ2v) is 17.1. The summed E-state index contributed by atoms with van der Waals surface area (Å²) in [5.74, 6) is 2.31. The minimum Gasteiger partial charge on any atom is -0.462 e. The topological polar surface area (TPSA) is 63.7 Å². The van der Waals surface area contributed by atoms with Crippen molar-refractivity contribution in [2.75, 3.05) is 7.05 Å². The van der Waals surface area contributed by atoms with E-state index in [1.54, 1.807) is 6.92 Å². The number of carbonyl (C=O) groups is 3. The molecule has 0 aromatic heterocycles. The molecule has 0 saturated heterocycles. The van der Waals surface area contributed by atoms with Crippen LogP contribution in [0.3, 0.4) is 0 Å². The van der Waals surface area contributed by atoms with Gasteiger partial charge in [-0.2, -0.15) is 0 Å². The molecule has 4 saturated carbocycles. The number of rotatable bonds is 3. The Labute approximate surface area is 249 Å². The monoisotopic (exact) mass is 567 g/mol. The van der Waals surface area contributed by atoms with Crippen molar-refractivity contribution in [2.45, 2.75) is 139 Å². The zero-order chi connectivity index (χ0) is 30.5. The summed E-state index contributed by atoms with van der Waals surface area (Å²) in [4.78, 5) is 42.1. The highest BCUT2D eigenvalue weighted by molar-refractivity contribution is 6.07. The van der Waals surface area contributed by atoms with Gasteiger partial charge >= 0.3 is 5.97 Å². The van der Waals surface area contributed by atoms with E-state index in [1.165, 1.54) is 12.0 Å². The lowest BCUT2D eigenvalue weighted by Crippen LogP contribution is -2.63. The van der Waals surface area contributed by atoms with Gasteiger partial charge in [0.1, 0.15) is 6.10 Å². The van der Waals surface area contributed by atoms with E-state index >= 15 is 0 Å². The number of esters is 1. The molecule has 5 rings (SSSR count). The third kappa shape index (κ3) is 4.32. The van der Waals surface area contributed by atoms with Crippen molar-refractivity contribution in [1.82, 2.24) is 4.90 Å². The maximum absolute atomic E-state index is 14.4. The number of hydrogen-bond donors (Lipinski definition) is 0. The molecule has 0 spiro atoms.